The molecular weight excluding hydrogens is 282 g/mol. The van der Waals surface area contributed by atoms with E-state index in [2.05, 4.69) is 22.8 Å². The quantitative estimate of drug-likeness (QED) is 0.495. The molecule has 0 fully saturated rings. The van der Waals surface area contributed by atoms with Gasteiger partial charge in [0, 0.05) is 29.2 Å². The van der Waals surface area contributed by atoms with Crippen molar-refractivity contribution in [2.45, 2.75) is 13.8 Å². The van der Waals surface area contributed by atoms with E-state index in [1.807, 2.05) is 0 Å². The summed E-state index contributed by atoms with van der Waals surface area (Å²) in [5.41, 5.74) is 1.03. The lowest BCUT2D eigenvalue weighted by Gasteiger charge is -1.94. The van der Waals surface area contributed by atoms with Crippen molar-refractivity contribution in [1.29, 1.82) is 0 Å². The van der Waals surface area contributed by atoms with Gasteiger partial charge in [0.1, 0.15) is 18.1 Å². The maximum Gasteiger partial charge on any atom is 0.333 e. The van der Waals surface area contributed by atoms with Crippen molar-refractivity contribution in [1.82, 2.24) is 8.95 Å². The lowest BCUT2D eigenvalue weighted by molar-refractivity contribution is -0.384. The molecule has 2 rings (SSSR count). The first kappa shape index (κ1) is 13.8. The molecule has 100 valence electrons. The van der Waals surface area contributed by atoms with E-state index in [1.54, 1.807) is 23.5 Å². The molecule has 7 heteroatoms. The van der Waals surface area contributed by atoms with Crippen molar-refractivity contribution < 1.29 is 4.92 Å². The summed E-state index contributed by atoms with van der Waals surface area (Å²) in [6.07, 6.45) is 0. The van der Waals surface area contributed by atoms with Gasteiger partial charge in [-0.2, -0.15) is 4.37 Å². The highest BCUT2D eigenvalue weighted by atomic mass is 32.2. The Labute approximate surface area is 118 Å². The van der Waals surface area contributed by atoms with Gasteiger partial charge >= 0.3 is 3.98 Å². The van der Waals surface area contributed by atoms with Crippen molar-refractivity contribution in [2.75, 3.05) is 13.1 Å². The lowest BCUT2D eigenvalue weighted by Crippen LogP contribution is -2.25. The molecule has 1 heterocycles. The number of nitro benzene ring substituents is 1. The standard InChI is InChI=1S/C12H14N3O2S2/c1-3-14(4-2)12-18-11(13-19-12)9-5-7-10(8-6-9)15(16)17/h5-8H,3-4H2,1-2H3/q+1. The van der Waals surface area contributed by atoms with E-state index < -0.39 is 4.92 Å². The van der Waals surface area contributed by atoms with Gasteiger partial charge in [0.15, 0.2) is 0 Å². The fraction of sp³-hybridized carbons (Fsp3) is 0.333. The van der Waals surface area contributed by atoms with Crippen LogP contribution in [0.15, 0.2) is 24.3 Å². The lowest BCUT2D eigenvalue weighted by atomic mass is 10.2. The zero-order valence-electron chi connectivity index (χ0n) is 10.7. The van der Waals surface area contributed by atoms with Crippen LogP contribution in [-0.4, -0.2) is 22.4 Å². The number of nitrogens with zero attached hydrogens (tertiary/aromatic N) is 3. The van der Waals surface area contributed by atoms with Crippen LogP contribution in [0.25, 0.3) is 10.6 Å². The largest absolute Gasteiger partial charge is 0.333 e. The van der Waals surface area contributed by atoms with E-state index in [0.717, 1.165) is 23.7 Å². The summed E-state index contributed by atoms with van der Waals surface area (Å²) in [7, 11) is 0. The number of nitro groups is 1. The van der Waals surface area contributed by atoms with Gasteiger partial charge in [-0.25, -0.2) is 4.58 Å². The molecule has 5 nitrogen and oxygen atoms in total. The molecule has 1 aromatic carbocycles. The minimum atomic E-state index is -0.393. The predicted octanol–water partition coefficient (Wildman–Crippen LogP) is 2.59. The molecule has 0 aliphatic heterocycles. The van der Waals surface area contributed by atoms with E-state index in [0.29, 0.717) is 0 Å². The predicted molar refractivity (Wildman–Crippen MR) is 78.4 cm³/mol. The molecule has 19 heavy (non-hydrogen) atoms. The summed E-state index contributed by atoms with van der Waals surface area (Å²) >= 11 is 3.09. The summed E-state index contributed by atoms with van der Waals surface area (Å²) in [5, 5.41) is 11.5. The second-order valence-corrected chi connectivity index (χ2v) is 5.82. The van der Waals surface area contributed by atoms with Crippen LogP contribution in [-0.2, 0) is 0 Å². The Morgan fingerprint density at radius 2 is 1.84 bits per heavy atom. The van der Waals surface area contributed by atoms with Crippen molar-refractivity contribution in [3.8, 4) is 10.6 Å². The highest BCUT2D eigenvalue weighted by molar-refractivity contribution is 7.25. The number of hydrogen-bond acceptors (Lipinski definition) is 5. The summed E-state index contributed by atoms with van der Waals surface area (Å²) in [6.45, 7) is 6.13. The highest BCUT2D eigenvalue weighted by Crippen LogP contribution is 2.23. The second-order valence-electron chi connectivity index (χ2n) is 3.83. The maximum absolute atomic E-state index is 10.6. The van der Waals surface area contributed by atoms with E-state index in [1.165, 1.54) is 27.6 Å². The zero-order valence-corrected chi connectivity index (χ0v) is 12.3. The Morgan fingerprint density at radius 1 is 1.21 bits per heavy atom. The Balaban J connectivity index is 2.38. The molecule has 0 N–H and O–H groups in total. The molecule has 0 unspecified atom stereocenters. The molecule has 2 aromatic rings. The molecule has 0 radical (unpaired) electrons. The Bertz CT molecular complexity index is 637. The van der Waals surface area contributed by atoms with Gasteiger partial charge in [-0.1, -0.05) is 0 Å². The van der Waals surface area contributed by atoms with E-state index >= 15 is 0 Å². The van der Waals surface area contributed by atoms with Gasteiger partial charge in [0.05, 0.1) is 4.92 Å². The van der Waals surface area contributed by atoms with E-state index in [-0.39, 0.29) is 5.69 Å². The first-order valence-corrected chi connectivity index (χ1v) is 7.54. The topological polar surface area (TPSA) is 59.0 Å². The van der Waals surface area contributed by atoms with Crippen LogP contribution in [0.4, 0.5) is 5.69 Å². The molecule has 1 aromatic heterocycles. The second kappa shape index (κ2) is 6.03. The van der Waals surface area contributed by atoms with Crippen LogP contribution in [0.3, 0.4) is 0 Å². The average Bonchev–Trinajstić information content (AvgIpc) is 2.90. The number of non-ortho nitro benzene ring substituents is 1. The first-order valence-electron chi connectivity index (χ1n) is 5.95. The van der Waals surface area contributed by atoms with Gasteiger partial charge in [0.25, 0.3) is 5.69 Å². The van der Waals surface area contributed by atoms with Gasteiger partial charge in [-0.3, -0.25) is 10.1 Å². The fourth-order valence-electron chi connectivity index (χ4n) is 1.64. The van der Waals surface area contributed by atoms with E-state index in [4.69, 9.17) is 0 Å². The minimum Gasteiger partial charge on any atom is -0.258 e. The van der Waals surface area contributed by atoms with E-state index in [9.17, 15) is 10.1 Å². The Kier molecular flexibility index (Phi) is 4.39. The SMILES string of the molecule is CC[N+](CC)=c1snc(-c2ccc([N+](=O)[O-])cc2)s1. The van der Waals surface area contributed by atoms with Gasteiger partial charge in [0.2, 0.25) is 0 Å². The van der Waals surface area contributed by atoms with Crippen LogP contribution in [0.2, 0.25) is 0 Å². The molecule has 0 saturated carbocycles. The highest BCUT2D eigenvalue weighted by Gasteiger charge is 2.10. The number of rotatable bonds is 4. The zero-order chi connectivity index (χ0) is 13.8. The smallest absolute Gasteiger partial charge is 0.258 e. The van der Waals surface area contributed by atoms with Crippen molar-refractivity contribution in [2.24, 2.45) is 0 Å². The van der Waals surface area contributed by atoms with Crippen LogP contribution >= 0.6 is 22.9 Å². The molecule has 0 spiro atoms. The first-order chi connectivity index (χ1) is 9.15. The number of benzene rings is 1. The Hall–Kier alpha value is -1.60. The summed E-state index contributed by atoms with van der Waals surface area (Å²) in [4.78, 5) is 10.2. The molecular formula is C12H14N3O2S2+. The minimum absolute atomic E-state index is 0.105. The number of hydrogen-bond donors (Lipinski definition) is 0. The molecule has 0 amide bonds. The van der Waals surface area contributed by atoms with Gasteiger partial charge in [-0.15, -0.1) is 0 Å². The third-order valence-electron chi connectivity index (χ3n) is 2.74. The third-order valence-corrected chi connectivity index (χ3v) is 4.97. The molecule has 0 aliphatic rings. The molecule has 0 bridgehead atoms. The summed E-state index contributed by atoms with van der Waals surface area (Å²) in [6, 6.07) is 6.52. The van der Waals surface area contributed by atoms with Crippen LogP contribution in [0, 0.1) is 10.1 Å². The maximum atomic E-state index is 10.6. The van der Waals surface area contributed by atoms with Crippen molar-refractivity contribution >= 4 is 28.6 Å². The summed E-state index contributed by atoms with van der Waals surface area (Å²) < 4.78 is 7.84. The van der Waals surface area contributed by atoms with Crippen LogP contribution in [0.5, 0.6) is 0 Å². The van der Waals surface area contributed by atoms with Gasteiger partial charge < -0.3 is 0 Å². The normalized spacial score (nSPS) is 10.4. The molecule has 0 atom stereocenters. The number of aromatic nitrogens is 1. The van der Waals surface area contributed by atoms with Gasteiger partial charge in [-0.05, 0) is 37.3 Å². The monoisotopic (exact) mass is 296 g/mol. The van der Waals surface area contributed by atoms with Crippen LogP contribution < -0.4 is 8.56 Å². The third kappa shape index (κ3) is 3.05. The average molecular weight is 296 g/mol. The Morgan fingerprint density at radius 3 is 2.37 bits per heavy atom. The van der Waals surface area contributed by atoms with Crippen LogP contribution in [0.1, 0.15) is 13.8 Å². The molecule has 0 saturated heterocycles. The molecule has 0 aliphatic carbocycles. The summed E-state index contributed by atoms with van der Waals surface area (Å²) in [5.74, 6) is 0. The van der Waals surface area contributed by atoms with Crippen molar-refractivity contribution in [3.63, 3.8) is 0 Å². The van der Waals surface area contributed by atoms with Crippen molar-refractivity contribution in [3.05, 3.63) is 38.4 Å². The fourth-order valence-corrected chi connectivity index (χ4v) is 3.85.